The molecule has 1 aromatic heterocycles. The molecule has 1 atom stereocenters. The van der Waals surface area contributed by atoms with Crippen LogP contribution in [-0.2, 0) is 22.7 Å². The lowest BCUT2D eigenvalue weighted by Gasteiger charge is -2.23. The quantitative estimate of drug-likeness (QED) is 0.713. The van der Waals surface area contributed by atoms with Crippen molar-refractivity contribution in [3.05, 3.63) is 36.2 Å². The average Bonchev–Trinajstić information content (AvgIpc) is 3.30. The molecule has 1 saturated heterocycles. The summed E-state index contributed by atoms with van der Waals surface area (Å²) in [7, 11) is 0. The van der Waals surface area contributed by atoms with Crippen molar-refractivity contribution in [2.45, 2.75) is 26.5 Å². The molecule has 2 aromatic rings. The number of ether oxygens (including phenoxy) is 2. The summed E-state index contributed by atoms with van der Waals surface area (Å²) in [6.07, 6.45) is 1.01. The van der Waals surface area contributed by atoms with E-state index in [1.165, 1.54) is 4.80 Å². The number of para-hydroxylation sites is 1. The van der Waals surface area contributed by atoms with E-state index in [0.29, 0.717) is 24.8 Å². The van der Waals surface area contributed by atoms with Gasteiger partial charge < -0.3 is 14.4 Å². The van der Waals surface area contributed by atoms with Crippen molar-refractivity contribution in [1.29, 1.82) is 0 Å². The maximum Gasteiger partial charge on any atom is 0.246 e. The predicted octanol–water partition coefficient (Wildman–Crippen LogP) is 1.14. The van der Waals surface area contributed by atoms with Gasteiger partial charge in [0.2, 0.25) is 11.7 Å². The predicted molar refractivity (Wildman–Crippen MR) is 89.8 cm³/mol. The standard InChI is InChI=1S/C17H23N5O3/c1-2-21(10-14-8-9-24-12-14)17(23)11-22-19-16(18-20-22)13-25-15-6-4-3-5-7-15/h3-7,14H,2,8-13H2,1H3/t14-/m0/s1. The molecule has 0 spiro atoms. The first-order valence-electron chi connectivity index (χ1n) is 8.54. The Kier molecular flexibility index (Phi) is 5.95. The maximum absolute atomic E-state index is 12.4. The van der Waals surface area contributed by atoms with Crippen molar-refractivity contribution in [3.63, 3.8) is 0 Å². The highest BCUT2D eigenvalue weighted by molar-refractivity contribution is 5.75. The van der Waals surface area contributed by atoms with Gasteiger partial charge >= 0.3 is 0 Å². The number of carbonyl (C=O) groups is 1. The third kappa shape index (κ3) is 4.99. The Hall–Kier alpha value is -2.48. The normalized spacial score (nSPS) is 16.8. The van der Waals surface area contributed by atoms with Crippen molar-refractivity contribution >= 4 is 5.91 Å². The molecule has 1 fully saturated rings. The second-order valence-electron chi connectivity index (χ2n) is 6.00. The second kappa shape index (κ2) is 8.57. The van der Waals surface area contributed by atoms with E-state index in [1.807, 2.05) is 42.2 Å². The fourth-order valence-electron chi connectivity index (χ4n) is 2.73. The molecule has 134 valence electrons. The van der Waals surface area contributed by atoms with Crippen molar-refractivity contribution in [3.8, 4) is 5.75 Å². The molecular weight excluding hydrogens is 322 g/mol. The third-order valence-electron chi connectivity index (χ3n) is 4.12. The molecule has 1 aliphatic rings. The van der Waals surface area contributed by atoms with Gasteiger partial charge in [-0.1, -0.05) is 18.2 Å². The van der Waals surface area contributed by atoms with Crippen LogP contribution in [0.15, 0.2) is 30.3 Å². The van der Waals surface area contributed by atoms with Crippen molar-refractivity contribution < 1.29 is 14.3 Å². The Morgan fingerprint density at radius 1 is 1.40 bits per heavy atom. The second-order valence-corrected chi connectivity index (χ2v) is 6.00. The number of rotatable bonds is 8. The molecule has 25 heavy (non-hydrogen) atoms. The van der Waals surface area contributed by atoms with Crippen LogP contribution in [0.25, 0.3) is 0 Å². The van der Waals surface area contributed by atoms with E-state index in [2.05, 4.69) is 15.4 Å². The number of amides is 1. The highest BCUT2D eigenvalue weighted by Crippen LogP contribution is 2.14. The van der Waals surface area contributed by atoms with Crippen LogP contribution in [0.3, 0.4) is 0 Å². The molecule has 1 amide bonds. The van der Waals surface area contributed by atoms with Gasteiger partial charge in [0.05, 0.1) is 6.61 Å². The molecule has 0 radical (unpaired) electrons. The largest absolute Gasteiger partial charge is 0.485 e. The molecule has 8 nitrogen and oxygen atoms in total. The van der Waals surface area contributed by atoms with Crippen LogP contribution in [0.2, 0.25) is 0 Å². The molecule has 0 aliphatic carbocycles. The molecule has 0 unspecified atom stereocenters. The first kappa shape index (κ1) is 17.3. The van der Waals surface area contributed by atoms with Crippen LogP contribution in [0.1, 0.15) is 19.2 Å². The molecule has 8 heteroatoms. The number of carbonyl (C=O) groups excluding carboxylic acids is 1. The van der Waals surface area contributed by atoms with E-state index < -0.39 is 0 Å². The highest BCUT2D eigenvalue weighted by Gasteiger charge is 2.22. The summed E-state index contributed by atoms with van der Waals surface area (Å²) in [4.78, 5) is 15.6. The van der Waals surface area contributed by atoms with Gasteiger partial charge in [-0.3, -0.25) is 4.79 Å². The monoisotopic (exact) mass is 345 g/mol. The lowest BCUT2D eigenvalue weighted by molar-refractivity contribution is -0.132. The molecule has 0 bridgehead atoms. The van der Waals surface area contributed by atoms with Crippen molar-refractivity contribution in [2.24, 2.45) is 5.92 Å². The van der Waals surface area contributed by atoms with Gasteiger partial charge in [0.25, 0.3) is 0 Å². The van der Waals surface area contributed by atoms with Gasteiger partial charge in [0, 0.05) is 25.6 Å². The van der Waals surface area contributed by atoms with Crippen LogP contribution in [0.5, 0.6) is 5.75 Å². The van der Waals surface area contributed by atoms with E-state index in [-0.39, 0.29) is 19.1 Å². The molecular formula is C17H23N5O3. The van der Waals surface area contributed by atoms with Crippen LogP contribution < -0.4 is 4.74 Å². The van der Waals surface area contributed by atoms with Crippen LogP contribution >= 0.6 is 0 Å². The molecule has 1 aliphatic heterocycles. The minimum Gasteiger partial charge on any atom is -0.485 e. The van der Waals surface area contributed by atoms with Crippen LogP contribution in [0.4, 0.5) is 0 Å². The number of likely N-dealkylation sites (N-methyl/N-ethyl adjacent to an activating group) is 1. The maximum atomic E-state index is 12.4. The molecule has 0 saturated carbocycles. The number of aromatic nitrogens is 4. The zero-order valence-corrected chi connectivity index (χ0v) is 14.4. The van der Waals surface area contributed by atoms with E-state index in [4.69, 9.17) is 9.47 Å². The average molecular weight is 345 g/mol. The Bertz CT molecular complexity index is 670. The minimum absolute atomic E-state index is 0.0117. The number of tetrazole rings is 1. The van der Waals surface area contributed by atoms with Crippen LogP contribution in [0, 0.1) is 5.92 Å². The van der Waals surface area contributed by atoms with E-state index >= 15 is 0 Å². The summed E-state index contributed by atoms with van der Waals surface area (Å²) < 4.78 is 11.0. The number of nitrogens with zero attached hydrogens (tertiary/aromatic N) is 5. The SMILES string of the molecule is CCN(C[C@@H]1CCOC1)C(=O)Cn1nnc(COc2ccccc2)n1. The van der Waals surface area contributed by atoms with E-state index in [1.54, 1.807) is 0 Å². The van der Waals surface area contributed by atoms with Gasteiger partial charge in [0.1, 0.15) is 12.3 Å². The zero-order valence-electron chi connectivity index (χ0n) is 14.4. The number of hydrogen-bond donors (Lipinski definition) is 0. The topological polar surface area (TPSA) is 82.4 Å². The summed E-state index contributed by atoms with van der Waals surface area (Å²) in [6, 6.07) is 9.43. The van der Waals surface area contributed by atoms with Crippen LogP contribution in [-0.4, -0.2) is 57.3 Å². The lowest BCUT2D eigenvalue weighted by atomic mass is 10.1. The van der Waals surface area contributed by atoms with E-state index in [9.17, 15) is 4.79 Å². The minimum atomic E-state index is -0.0117. The molecule has 2 heterocycles. The summed E-state index contributed by atoms with van der Waals surface area (Å²) in [5.74, 6) is 1.60. The smallest absolute Gasteiger partial charge is 0.246 e. The number of hydrogen-bond acceptors (Lipinski definition) is 6. The highest BCUT2D eigenvalue weighted by atomic mass is 16.5. The first-order chi connectivity index (χ1) is 12.2. The van der Waals surface area contributed by atoms with Gasteiger partial charge in [0.15, 0.2) is 6.61 Å². The first-order valence-corrected chi connectivity index (χ1v) is 8.54. The Morgan fingerprint density at radius 3 is 2.96 bits per heavy atom. The molecule has 1 aromatic carbocycles. The number of benzene rings is 1. The lowest BCUT2D eigenvalue weighted by Crippen LogP contribution is -2.38. The summed E-state index contributed by atoms with van der Waals surface area (Å²) in [5, 5.41) is 12.1. The van der Waals surface area contributed by atoms with Crippen molar-refractivity contribution in [2.75, 3.05) is 26.3 Å². The summed E-state index contributed by atoms with van der Waals surface area (Å²) in [5.41, 5.74) is 0. The van der Waals surface area contributed by atoms with Gasteiger partial charge in [-0.25, -0.2) is 0 Å². The molecule has 0 N–H and O–H groups in total. The fraction of sp³-hybridized carbons (Fsp3) is 0.529. The summed E-state index contributed by atoms with van der Waals surface area (Å²) >= 11 is 0. The Balaban J connectivity index is 1.50. The summed E-state index contributed by atoms with van der Waals surface area (Å²) in [6.45, 7) is 5.16. The van der Waals surface area contributed by atoms with Crippen molar-refractivity contribution in [1.82, 2.24) is 25.1 Å². The third-order valence-corrected chi connectivity index (χ3v) is 4.12. The van der Waals surface area contributed by atoms with Gasteiger partial charge in [-0.2, -0.15) is 4.80 Å². The molecule has 3 rings (SSSR count). The van der Waals surface area contributed by atoms with Gasteiger partial charge in [-0.05, 0) is 30.7 Å². The zero-order chi connectivity index (χ0) is 17.5. The van der Waals surface area contributed by atoms with Gasteiger partial charge in [-0.15, -0.1) is 10.2 Å². The Morgan fingerprint density at radius 2 is 2.24 bits per heavy atom. The fourth-order valence-corrected chi connectivity index (χ4v) is 2.73. The van der Waals surface area contributed by atoms with E-state index in [0.717, 1.165) is 25.4 Å². The Labute approximate surface area is 146 Å².